The maximum Gasteiger partial charge on any atom is 0.331 e. The summed E-state index contributed by atoms with van der Waals surface area (Å²) in [5.74, 6) is -0.621. The lowest BCUT2D eigenvalue weighted by Gasteiger charge is -2.30. The van der Waals surface area contributed by atoms with Gasteiger partial charge in [-0.25, -0.2) is 4.79 Å². The molecule has 1 N–H and O–H groups in total. The second-order valence-corrected chi connectivity index (χ2v) is 4.92. The van der Waals surface area contributed by atoms with Crippen molar-refractivity contribution in [3.63, 3.8) is 0 Å². The Bertz CT molecular complexity index is 299. The van der Waals surface area contributed by atoms with Crippen LogP contribution in [0, 0.1) is 0 Å². The lowest BCUT2D eigenvalue weighted by atomic mass is 9.95. The molecule has 1 heterocycles. The van der Waals surface area contributed by atoms with Crippen LogP contribution in [-0.4, -0.2) is 37.2 Å². The second-order valence-electron chi connectivity index (χ2n) is 4.92. The van der Waals surface area contributed by atoms with Crippen LogP contribution in [0.3, 0.4) is 0 Å². The van der Waals surface area contributed by atoms with E-state index in [0.717, 1.165) is 25.7 Å². The normalized spacial score (nSPS) is 22.9. The predicted octanol–water partition coefficient (Wildman–Crippen LogP) is 1.40. The van der Waals surface area contributed by atoms with Crippen LogP contribution in [0.4, 0.5) is 0 Å². The van der Waals surface area contributed by atoms with Gasteiger partial charge in [0.25, 0.3) is 0 Å². The Morgan fingerprint density at radius 1 is 1.44 bits per heavy atom. The van der Waals surface area contributed by atoms with Crippen LogP contribution in [-0.2, 0) is 19.1 Å². The van der Waals surface area contributed by atoms with Gasteiger partial charge in [-0.15, -0.1) is 0 Å². The first-order chi connectivity index (χ1) is 8.53. The zero-order chi connectivity index (χ0) is 13.6. The van der Waals surface area contributed by atoms with E-state index in [2.05, 4.69) is 5.32 Å². The molecule has 1 aliphatic rings. The van der Waals surface area contributed by atoms with Gasteiger partial charge in [0, 0.05) is 6.61 Å². The average molecular weight is 257 g/mol. The summed E-state index contributed by atoms with van der Waals surface area (Å²) in [6.45, 7) is 4.27. The average Bonchev–Trinajstić information content (AvgIpc) is 2.39. The lowest BCUT2D eigenvalue weighted by molar-refractivity contribution is -0.153. The number of carbonyl (C=O) groups is 2. The minimum Gasteiger partial charge on any atom is -0.467 e. The fraction of sp³-hybridized carbons (Fsp3) is 0.846. The highest BCUT2D eigenvalue weighted by Crippen LogP contribution is 2.18. The van der Waals surface area contributed by atoms with Gasteiger partial charge in [0.2, 0.25) is 5.91 Å². The Morgan fingerprint density at radius 2 is 2.17 bits per heavy atom. The molecular weight excluding hydrogens is 234 g/mol. The van der Waals surface area contributed by atoms with E-state index in [1.165, 1.54) is 7.11 Å². The Labute approximate surface area is 108 Å². The highest BCUT2D eigenvalue weighted by molar-refractivity contribution is 5.89. The van der Waals surface area contributed by atoms with E-state index in [9.17, 15) is 9.59 Å². The van der Waals surface area contributed by atoms with Gasteiger partial charge in [-0.05, 0) is 32.6 Å². The molecule has 0 aliphatic carbocycles. The topological polar surface area (TPSA) is 64.6 Å². The fourth-order valence-electron chi connectivity index (χ4n) is 2.24. The summed E-state index contributed by atoms with van der Waals surface area (Å²) < 4.78 is 10.2. The summed E-state index contributed by atoms with van der Waals surface area (Å²) in [6.07, 6.45) is 3.61. The van der Waals surface area contributed by atoms with Crippen LogP contribution in [0.2, 0.25) is 0 Å². The number of amides is 1. The molecule has 0 bridgehead atoms. The Hall–Kier alpha value is -1.10. The number of methoxy groups -OCH3 is 1. The highest BCUT2D eigenvalue weighted by atomic mass is 16.5. The summed E-state index contributed by atoms with van der Waals surface area (Å²) in [4.78, 5) is 23.8. The van der Waals surface area contributed by atoms with Crippen LogP contribution >= 0.6 is 0 Å². The molecule has 2 unspecified atom stereocenters. The van der Waals surface area contributed by atoms with Crippen molar-refractivity contribution in [3.05, 3.63) is 0 Å². The third kappa shape index (κ3) is 3.70. The van der Waals surface area contributed by atoms with Crippen molar-refractivity contribution in [2.45, 2.75) is 57.6 Å². The number of carbonyl (C=O) groups excluding carboxylic acids is 2. The SMILES string of the molecule is CCCC(C)(NC(=O)C1CCCCO1)C(=O)OC. The molecule has 0 aromatic heterocycles. The summed E-state index contributed by atoms with van der Waals surface area (Å²) in [5, 5.41) is 2.78. The molecule has 0 aromatic rings. The Kier molecular flexibility index (Phi) is 5.59. The van der Waals surface area contributed by atoms with E-state index in [1.807, 2.05) is 6.92 Å². The van der Waals surface area contributed by atoms with Crippen LogP contribution < -0.4 is 5.32 Å². The number of nitrogens with one attached hydrogen (secondary N) is 1. The van der Waals surface area contributed by atoms with Crippen molar-refractivity contribution in [3.8, 4) is 0 Å². The first-order valence-electron chi connectivity index (χ1n) is 6.55. The molecule has 18 heavy (non-hydrogen) atoms. The smallest absolute Gasteiger partial charge is 0.331 e. The molecule has 1 fully saturated rings. The third-order valence-electron chi connectivity index (χ3n) is 3.26. The van der Waals surface area contributed by atoms with Crippen molar-refractivity contribution in [2.75, 3.05) is 13.7 Å². The maximum absolute atomic E-state index is 12.1. The zero-order valence-corrected chi connectivity index (χ0v) is 11.5. The van der Waals surface area contributed by atoms with Crippen molar-refractivity contribution in [2.24, 2.45) is 0 Å². The quantitative estimate of drug-likeness (QED) is 0.756. The van der Waals surface area contributed by atoms with E-state index in [0.29, 0.717) is 13.0 Å². The van der Waals surface area contributed by atoms with Crippen molar-refractivity contribution in [1.29, 1.82) is 0 Å². The first kappa shape index (κ1) is 15.0. The molecule has 0 radical (unpaired) electrons. The summed E-state index contributed by atoms with van der Waals surface area (Å²) >= 11 is 0. The van der Waals surface area contributed by atoms with Gasteiger partial charge >= 0.3 is 5.97 Å². The molecule has 0 saturated carbocycles. The molecule has 5 heteroatoms. The molecule has 2 atom stereocenters. The van der Waals surface area contributed by atoms with Gasteiger partial charge < -0.3 is 14.8 Å². The minimum absolute atomic E-state index is 0.212. The number of ether oxygens (including phenoxy) is 2. The fourth-order valence-corrected chi connectivity index (χ4v) is 2.24. The number of hydrogen-bond acceptors (Lipinski definition) is 4. The molecule has 5 nitrogen and oxygen atoms in total. The van der Waals surface area contributed by atoms with Crippen LogP contribution in [0.1, 0.15) is 46.0 Å². The van der Waals surface area contributed by atoms with Crippen LogP contribution in [0.25, 0.3) is 0 Å². The highest BCUT2D eigenvalue weighted by Gasteiger charge is 2.37. The van der Waals surface area contributed by atoms with E-state index in [-0.39, 0.29) is 5.91 Å². The predicted molar refractivity (Wildman–Crippen MR) is 67.1 cm³/mol. The number of rotatable bonds is 5. The standard InChI is InChI=1S/C13H23NO4/c1-4-8-13(2,12(16)17-3)14-11(15)10-7-5-6-9-18-10/h10H,4-9H2,1-3H3,(H,14,15). The Morgan fingerprint density at radius 3 is 2.67 bits per heavy atom. The molecule has 104 valence electrons. The summed E-state index contributed by atoms with van der Waals surface area (Å²) in [5.41, 5.74) is -0.957. The van der Waals surface area contributed by atoms with Crippen LogP contribution in [0.15, 0.2) is 0 Å². The van der Waals surface area contributed by atoms with Gasteiger partial charge in [-0.3, -0.25) is 4.79 Å². The summed E-state index contributed by atoms with van der Waals surface area (Å²) in [7, 11) is 1.33. The summed E-state index contributed by atoms with van der Waals surface area (Å²) in [6, 6.07) is 0. The zero-order valence-electron chi connectivity index (χ0n) is 11.5. The molecule has 1 rings (SSSR count). The third-order valence-corrected chi connectivity index (χ3v) is 3.26. The molecule has 1 saturated heterocycles. The maximum atomic E-state index is 12.1. The monoisotopic (exact) mass is 257 g/mol. The van der Waals surface area contributed by atoms with E-state index in [1.54, 1.807) is 6.92 Å². The number of hydrogen-bond donors (Lipinski definition) is 1. The van der Waals surface area contributed by atoms with Gasteiger partial charge in [0.15, 0.2) is 0 Å². The van der Waals surface area contributed by atoms with Crippen molar-refractivity contribution < 1.29 is 19.1 Å². The van der Waals surface area contributed by atoms with Gasteiger partial charge in [0.05, 0.1) is 7.11 Å². The largest absolute Gasteiger partial charge is 0.467 e. The van der Waals surface area contributed by atoms with E-state index < -0.39 is 17.6 Å². The molecule has 1 amide bonds. The van der Waals surface area contributed by atoms with Crippen molar-refractivity contribution >= 4 is 11.9 Å². The van der Waals surface area contributed by atoms with Gasteiger partial charge in [0.1, 0.15) is 11.6 Å². The van der Waals surface area contributed by atoms with Crippen molar-refractivity contribution in [1.82, 2.24) is 5.32 Å². The lowest BCUT2D eigenvalue weighted by Crippen LogP contribution is -2.56. The molecule has 1 aliphatic heterocycles. The first-order valence-corrected chi connectivity index (χ1v) is 6.55. The van der Waals surface area contributed by atoms with Crippen LogP contribution in [0.5, 0.6) is 0 Å². The molecular formula is C13H23NO4. The number of esters is 1. The van der Waals surface area contributed by atoms with E-state index in [4.69, 9.17) is 9.47 Å². The second kappa shape index (κ2) is 6.73. The molecule has 0 aromatic carbocycles. The van der Waals surface area contributed by atoms with E-state index >= 15 is 0 Å². The minimum atomic E-state index is -0.957. The molecule has 0 spiro atoms. The van der Waals surface area contributed by atoms with Gasteiger partial charge in [-0.2, -0.15) is 0 Å². The Balaban J connectivity index is 2.64. The van der Waals surface area contributed by atoms with Gasteiger partial charge in [-0.1, -0.05) is 13.3 Å².